The summed E-state index contributed by atoms with van der Waals surface area (Å²) in [7, 11) is 2.10. The van der Waals surface area contributed by atoms with Gasteiger partial charge in [0.15, 0.2) is 11.6 Å². The minimum absolute atomic E-state index is 0.0695. The van der Waals surface area contributed by atoms with Gasteiger partial charge in [0.1, 0.15) is 0 Å². The number of nitrogens with one attached hydrogen (secondary N) is 1. The fraction of sp³-hybridized carbons (Fsp3) is 0.417. The molecule has 30 heavy (non-hydrogen) atoms. The van der Waals surface area contributed by atoms with Crippen LogP contribution in [-0.4, -0.2) is 36.1 Å². The average Bonchev–Trinajstić information content (AvgIpc) is 2.68. The lowest BCUT2D eigenvalue weighted by atomic mass is 9.87. The first-order valence-corrected chi connectivity index (χ1v) is 11.0. The molecule has 1 N–H and O–H groups in total. The molecule has 0 fully saturated rings. The van der Waals surface area contributed by atoms with Crippen LogP contribution < -0.4 is 4.74 Å². The van der Waals surface area contributed by atoms with Crippen molar-refractivity contribution in [2.24, 2.45) is 4.99 Å². The lowest BCUT2D eigenvalue weighted by Crippen LogP contribution is -2.20. The van der Waals surface area contributed by atoms with Gasteiger partial charge < -0.3 is 9.64 Å². The molecule has 0 heterocycles. The number of amidine groups is 1. The number of likely N-dealkylation sites (N-methyl/N-ethyl adjacent to an activating group) is 1. The zero-order valence-corrected chi connectivity index (χ0v) is 20.5. The highest BCUT2D eigenvalue weighted by molar-refractivity contribution is 7.77. The fourth-order valence-electron chi connectivity index (χ4n) is 2.93. The van der Waals surface area contributed by atoms with Gasteiger partial charge in [0.25, 0.3) is 0 Å². The van der Waals surface area contributed by atoms with E-state index in [2.05, 4.69) is 57.3 Å². The fourth-order valence-corrected chi connectivity index (χ4v) is 3.38. The van der Waals surface area contributed by atoms with Crippen molar-refractivity contribution < 1.29 is 4.74 Å². The smallest absolute Gasteiger partial charge is 0.401 e. The molecule has 0 aliphatic carbocycles. The molecule has 0 atom stereocenters. The van der Waals surface area contributed by atoms with Crippen molar-refractivity contribution in [2.45, 2.75) is 46.5 Å². The first kappa shape index (κ1) is 24.4. The highest BCUT2D eigenvalue weighted by Gasteiger charge is 2.15. The Morgan fingerprint density at radius 1 is 1.20 bits per heavy atom. The molecule has 6 heteroatoms. The number of benzene rings is 2. The van der Waals surface area contributed by atoms with Crippen LogP contribution in [0.5, 0.6) is 5.75 Å². The van der Waals surface area contributed by atoms with Crippen molar-refractivity contribution in [2.75, 3.05) is 20.1 Å². The largest absolute Gasteiger partial charge is 0.414 e. The van der Waals surface area contributed by atoms with E-state index in [1.807, 2.05) is 43.3 Å². The van der Waals surface area contributed by atoms with Crippen molar-refractivity contribution in [1.29, 1.82) is 5.41 Å². The molecular formula is C24H33ClN3OS+. The van der Waals surface area contributed by atoms with Crippen LogP contribution in [0.3, 0.4) is 0 Å². The lowest BCUT2D eigenvalue weighted by Gasteiger charge is -2.18. The number of ether oxygens (including phenoxy) is 1. The third-order valence-electron chi connectivity index (χ3n) is 5.14. The van der Waals surface area contributed by atoms with Crippen molar-refractivity contribution in [3.8, 4) is 5.75 Å². The summed E-state index contributed by atoms with van der Waals surface area (Å²) in [4.78, 5) is 6.49. The van der Waals surface area contributed by atoms with Gasteiger partial charge in [-0.2, -0.15) is 0 Å². The Morgan fingerprint density at radius 2 is 1.83 bits per heavy atom. The molecule has 0 amide bonds. The summed E-state index contributed by atoms with van der Waals surface area (Å²) in [6, 6.07) is 11.7. The van der Waals surface area contributed by atoms with Crippen LogP contribution in [0.4, 0.5) is 0 Å². The van der Waals surface area contributed by atoms with Crippen molar-refractivity contribution in [3.63, 3.8) is 0 Å². The maximum absolute atomic E-state index is 8.26. The van der Waals surface area contributed by atoms with Crippen LogP contribution in [0.2, 0.25) is 5.02 Å². The molecular weight excluding hydrogens is 414 g/mol. The molecule has 4 nitrogen and oxygen atoms in total. The van der Waals surface area contributed by atoms with Gasteiger partial charge in [-0.05, 0) is 61.2 Å². The zero-order valence-electron chi connectivity index (χ0n) is 18.8. The molecule has 0 saturated carbocycles. The van der Waals surface area contributed by atoms with Crippen LogP contribution in [0.1, 0.15) is 49.9 Å². The minimum atomic E-state index is 0.0695. The molecule has 0 aromatic heterocycles. The van der Waals surface area contributed by atoms with Gasteiger partial charge in [0.2, 0.25) is 0 Å². The normalized spacial score (nSPS) is 12.4. The first-order chi connectivity index (χ1) is 14.0. The van der Waals surface area contributed by atoms with Gasteiger partial charge in [-0.3, -0.25) is 5.41 Å². The van der Waals surface area contributed by atoms with E-state index in [0.29, 0.717) is 10.8 Å². The third kappa shape index (κ3) is 6.86. The number of aryl methyl sites for hydroxylation is 1. The van der Waals surface area contributed by atoms with Crippen LogP contribution in [-0.2, 0) is 24.5 Å². The van der Waals surface area contributed by atoms with Gasteiger partial charge >= 0.3 is 5.23 Å². The van der Waals surface area contributed by atoms with Gasteiger partial charge in [-0.15, -0.1) is 4.99 Å². The standard InChI is InChI=1S/C24H32ClN3OS/c1-7-28(6)13-12-18-15-20(25)21(14-16(18)2)29-23(30)27-22(26)17-8-10-19(11-9-17)24(3,4)5/h8-11,14-15H,7,12-13H2,1-6H3,(H2,26,27,30)/p+1. The molecule has 2 aromatic carbocycles. The topological polar surface area (TPSA) is 48.7 Å². The molecule has 162 valence electrons. The second kappa shape index (κ2) is 10.5. The predicted molar refractivity (Wildman–Crippen MR) is 133 cm³/mol. The Labute approximate surface area is 191 Å². The van der Waals surface area contributed by atoms with Gasteiger partial charge in [-0.25, -0.2) is 0 Å². The van der Waals surface area contributed by atoms with Gasteiger partial charge in [0.05, 0.1) is 17.7 Å². The molecule has 0 aliphatic rings. The van der Waals surface area contributed by atoms with Crippen molar-refractivity contribution in [3.05, 3.63) is 63.7 Å². The van der Waals surface area contributed by atoms with Crippen molar-refractivity contribution in [1.82, 2.24) is 4.90 Å². The maximum atomic E-state index is 8.26. The molecule has 2 aromatic rings. The predicted octanol–water partition coefficient (Wildman–Crippen LogP) is 5.21. The zero-order chi connectivity index (χ0) is 22.5. The molecule has 2 rings (SSSR count). The molecule has 0 unspecified atom stereocenters. The van der Waals surface area contributed by atoms with E-state index < -0.39 is 0 Å². The third-order valence-corrected chi connectivity index (χ3v) is 5.65. The molecule has 0 aliphatic heterocycles. The Morgan fingerprint density at radius 3 is 2.40 bits per heavy atom. The Bertz CT molecular complexity index is 917. The number of hydrogen-bond donors (Lipinski definition) is 1. The summed E-state index contributed by atoms with van der Waals surface area (Å²) in [5, 5.41) is 8.98. The summed E-state index contributed by atoms with van der Waals surface area (Å²) in [6.07, 6.45) is 0.931. The quantitative estimate of drug-likeness (QED) is 0.376. The van der Waals surface area contributed by atoms with E-state index in [-0.39, 0.29) is 16.5 Å². The number of aliphatic imine (C=N–C) groups is 1. The van der Waals surface area contributed by atoms with Gasteiger partial charge in [-0.1, -0.05) is 63.6 Å². The first-order valence-electron chi connectivity index (χ1n) is 10.2. The molecule has 0 bridgehead atoms. The van der Waals surface area contributed by atoms with E-state index in [9.17, 15) is 0 Å². The summed E-state index contributed by atoms with van der Waals surface area (Å²) in [6.45, 7) is 12.7. The molecule has 0 saturated heterocycles. The van der Waals surface area contributed by atoms with Crippen molar-refractivity contribution >= 4 is 35.3 Å². The molecule has 0 spiro atoms. The Kier molecular flexibility index (Phi) is 8.53. The van der Waals surface area contributed by atoms with E-state index in [0.717, 1.165) is 30.6 Å². The number of nitrogens with zero attached hydrogens (tertiary/aromatic N) is 2. The van der Waals surface area contributed by atoms with Crippen LogP contribution in [0.25, 0.3) is 0 Å². The van der Waals surface area contributed by atoms with E-state index in [4.69, 9.17) is 21.7 Å². The van der Waals surface area contributed by atoms with Crippen LogP contribution >= 0.6 is 11.6 Å². The highest BCUT2D eigenvalue weighted by atomic mass is 35.5. The summed E-state index contributed by atoms with van der Waals surface area (Å²) in [5.74, 6) is 0.638. The monoisotopic (exact) mass is 446 g/mol. The maximum Gasteiger partial charge on any atom is 0.414 e. The SMILES string of the molecule is CCN(C)CCc1cc(Cl)c(OC([SH2+])=NC(=N)c2ccc(C(C)(C)C)cc2)cc1C. The Balaban J connectivity index is 2.10. The van der Waals surface area contributed by atoms with Gasteiger partial charge in [0, 0.05) is 12.1 Å². The van der Waals surface area contributed by atoms with E-state index in [1.165, 1.54) is 11.1 Å². The van der Waals surface area contributed by atoms with Crippen LogP contribution in [0, 0.1) is 12.3 Å². The number of rotatable bonds is 6. The van der Waals surface area contributed by atoms with E-state index >= 15 is 0 Å². The minimum Gasteiger partial charge on any atom is -0.401 e. The highest BCUT2D eigenvalue weighted by Crippen LogP contribution is 2.29. The number of halogens is 1. The van der Waals surface area contributed by atoms with Crippen LogP contribution in [0.15, 0.2) is 41.4 Å². The summed E-state index contributed by atoms with van der Waals surface area (Å²) < 4.78 is 5.78. The number of hydrogen-bond acceptors (Lipinski definition) is 3. The summed E-state index contributed by atoms with van der Waals surface area (Å²) in [5.41, 5.74) is 4.32. The molecule has 0 radical (unpaired) electrons. The average molecular weight is 447 g/mol. The lowest BCUT2D eigenvalue weighted by molar-refractivity contribution is 0.357. The summed E-state index contributed by atoms with van der Waals surface area (Å²) >= 11 is 9.81. The second-order valence-electron chi connectivity index (χ2n) is 8.55. The Hall–Kier alpha value is -1.82. The van der Waals surface area contributed by atoms with E-state index in [1.54, 1.807) is 0 Å². The second-order valence-corrected chi connectivity index (χ2v) is 9.38.